The van der Waals surface area contributed by atoms with Gasteiger partial charge in [-0.25, -0.2) is 4.79 Å². The molecule has 6 heteroatoms. The standard InChI is InChI=1S/C16H17N3O3/c17-14(20)16(22)9-4-10-19(16)15(21)18-13-8-3-6-11-5-1-2-7-12(11)13/h1-3,5-8,22H,4,9-10H2,(H2,17,20)(H,18,21). The summed E-state index contributed by atoms with van der Waals surface area (Å²) in [5.74, 6) is -0.905. The third-order valence-electron chi connectivity index (χ3n) is 4.02. The molecule has 1 aliphatic rings. The number of hydrogen-bond donors (Lipinski definition) is 3. The van der Waals surface area contributed by atoms with Gasteiger partial charge in [-0.05, 0) is 17.9 Å². The van der Waals surface area contributed by atoms with E-state index in [-0.39, 0.29) is 13.0 Å². The number of rotatable bonds is 2. The van der Waals surface area contributed by atoms with Crippen molar-refractivity contribution in [2.75, 3.05) is 11.9 Å². The first kappa shape index (κ1) is 14.3. The van der Waals surface area contributed by atoms with Gasteiger partial charge in [-0.3, -0.25) is 9.69 Å². The molecule has 114 valence electrons. The van der Waals surface area contributed by atoms with Crippen molar-refractivity contribution in [3.8, 4) is 0 Å². The summed E-state index contributed by atoms with van der Waals surface area (Å²) >= 11 is 0. The van der Waals surface area contributed by atoms with Crippen LogP contribution < -0.4 is 11.1 Å². The Morgan fingerprint density at radius 3 is 2.68 bits per heavy atom. The zero-order valence-corrected chi connectivity index (χ0v) is 12.0. The van der Waals surface area contributed by atoms with Crippen molar-refractivity contribution in [3.63, 3.8) is 0 Å². The molecule has 0 bridgehead atoms. The molecule has 4 N–H and O–H groups in total. The minimum absolute atomic E-state index is 0.158. The number of carbonyl (C=O) groups excluding carboxylic acids is 2. The predicted octanol–water partition coefficient (Wildman–Crippen LogP) is 1.64. The van der Waals surface area contributed by atoms with Gasteiger partial charge in [-0.1, -0.05) is 36.4 Å². The Morgan fingerprint density at radius 1 is 1.18 bits per heavy atom. The molecule has 6 nitrogen and oxygen atoms in total. The molecule has 2 aromatic rings. The maximum Gasteiger partial charge on any atom is 0.324 e. The lowest BCUT2D eigenvalue weighted by atomic mass is 10.1. The van der Waals surface area contributed by atoms with Crippen molar-refractivity contribution >= 4 is 28.4 Å². The van der Waals surface area contributed by atoms with Crippen molar-refractivity contribution in [3.05, 3.63) is 42.5 Å². The molecular weight excluding hydrogens is 282 g/mol. The lowest BCUT2D eigenvalue weighted by Gasteiger charge is -2.30. The fourth-order valence-corrected chi connectivity index (χ4v) is 2.85. The highest BCUT2D eigenvalue weighted by Gasteiger charge is 2.47. The van der Waals surface area contributed by atoms with Gasteiger partial charge >= 0.3 is 6.03 Å². The largest absolute Gasteiger partial charge is 0.365 e. The van der Waals surface area contributed by atoms with Crippen molar-refractivity contribution in [2.24, 2.45) is 5.73 Å². The Labute approximate surface area is 127 Å². The number of nitrogens with one attached hydrogen (secondary N) is 1. The van der Waals surface area contributed by atoms with Gasteiger partial charge in [-0.15, -0.1) is 0 Å². The molecule has 0 spiro atoms. The number of urea groups is 1. The van der Waals surface area contributed by atoms with Gasteiger partial charge in [0.15, 0.2) is 0 Å². The number of aliphatic hydroxyl groups is 1. The summed E-state index contributed by atoms with van der Waals surface area (Å²) in [6.45, 7) is 0.288. The van der Waals surface area contributed by atoms with Crippen molar-refractivity contribution in [2.45, 2.75) is 18.6 Å². The van der Waals surface area contributed by atoms with Crippen LogP contribution in [0.1, 0.15) is 12.8 Å². The van der Waals surface area contributed by atoms with E-state index in [1.807, 2.05) is 36.4 Å². The average Bonchev–Trinajstić information content (AvgIpc) is 2.91. The van der Waals surface area contributed by atoms with Crippen LogP contribution in [0, 0.1) is 0 Å². The first-order chi connectivity index (χ1) is 10.5. The van der Waals surface area contributed by atoms with E-state index in [1.165, 1.54) is 0 Å². The van der Waals surface area contributed by atoms with Crippen LogP contribution >= 0.6 is 0 Å². The van der Waals surface area contributed by atoms with Crippen LogP contribution in [-0.4, -0.2) is 34.2 Å². The highest BCUT2D eigenvalue weighted by atomic mass is 16.3. The van der Waals surface area contributed by atoms with Gasteiger partial charge in [0.2, 0.25) is 5.72 Å². The molecule has 22 heavy (non-hydrogen) atoms. The normalized spacial score (nSPS) is 21.0. The third-order valence-corrected chi connectivity index (χ3v) is 4.02. The summed E-state index contributed by atoms with van der Waals surface area (Å²) in [6, 6.07) is 12.7. The van der Waals surface area contributed by atoms with E-state index in [4.69, 9.17) is 5.73 Å². The number of nitrogens with zero attached hydrogens (tertiary/aromatic N) is 1. The number of anilines is 1. The minimum Gasteiger partial charge on any atom is -0.365 e. The molecular formula is C16H17N3O3. The molecule has 1 unspecified atom stereocenters. The zero-order chi connectivity index (χ0) is 15.7. The van der Waals surface area contributed by atoms with Crippen molar-refractivity contribution in [1.82, 2.24) is 4.90 Å². The quantitative estimate of drug-likeness (QED) is 0.786. The van der Waals surface area contributed by atoms with Gasteiger partial charge in [0.05, 0.1) is 5.69 Å². The SMILES string of the molecule is NC(=O)C1(O)CCCN1C(=O)Nc1cccc2ccccc12. The van der Waals surface area contributed by atoms with Gasteiger partial charge in [0, 0.05) is 18.4 Å². The van der Waals surface area contributed by atoms with E-state index in [1.54, 1.807) is 6.07 Å². The second-order valence-electron chi connectivity index (χ2n) is 5.39. The molecule has 0 aromatic heterocycles. The highest BCUT2D eigenvalue weighted by Crippen LogP contribution is 2.29. The van der Waals surface area contributed by atoms with Crippen molar-refractivity contribution < 1.29 is 14.7 Å². The summed E-state index contributed by atoms with van der Waals surface area (Å²) in [6.07, 6.45) is 0.688. The number of primary amides is 1. The molecule has 3 rings (SSSR count). The monoisotopic (exact) mass is 299 g/mol. The summed E-state index contributed by atoms with van der Waals surface area (Å²) in [4.78, 5) is 25.0. The fraction of sp³-hybridized carbons (Fsp3) is 0.250. The summed E-state index contributed by atoms with van der Waals surface area (Å²) < 4.78 is 0. The maximum atomic E-state index is 12.4. The molecule has 1 aliphatic heterocycles. The van der Waals surface area contributed by atoms with E-state index in [2.05, 4.69) is 5.32 Å². The molecule has 1 saturated heterocycles. The summed E-state index contributed by atoms with van der Waals surface area (Å²) in [5, 5.41) is 14.9. The molecule has 1 fully saturated rings. The molecule has 0 saturated carbocycles. The van der Waals surface area contributed by atoms with E-state index >= 15 is 0 Å². The first-order valence-corrected chi connectivity index (χ1v) is 7.11. The highest BCUT2D eigenvalue weighted by molar-refractivity contribution is 6.03. The summed E-state index contributed by atoms with van der Waals surface area (Å²) in [7, 11) is 0. The minimum atomic E-state index is -1.91. The number of carbonyl (C=O) groups is 2. The van der Waals surface area contributed by atoms with Gasteiger partial charge < -0.3 is 16.2 Å². The van der Waals surface area contributed by atoms with E-state index < -0.39 is 17.7 Å². The number of hydrogen-bond acceptors (Lipinski definition) is 3. The number of nitrogens with two attached hydrogens (primary N) is 1. The van der Waals surface area contributed by atoms with Crippen LogP contribution in [0.3, 0.4) is 0 Å². The van der Waals surface area contributed by atoms with Crippen LogP contribution in [0.15, 0.2) is 42.5 Å². The van der Waals surface area contributed by atoms with Gasteiger partial charge in [-0.2, -0.15) is 0 Å². The van der Waals surface area contributed by atoms with Crippen LogP contribution in [-0.2, 0) is 4.79 Å². The second kappa shape index (κ2) is 5.31. The van der Waals surface area contributed by atoms with Gasteiger partial charge in [0.25, 0.3) is 5.91 Å². The Balaban J connectivity index is 1.89. The van der Waals surface area contributed by atoms with Crippen LogP contribution in [0.2, 0.25) is 0 Å². The number of likely N-dealkylation sites (tertiary alicyclic amines) is 1. The molecule has 2 aromatic carbocycles. The Hall–Kier alpha value is -2.60. The number of fused-ring (bicyclic) bond motifs is 1. The number of amides is 3. The lowest BCUT2D eigenvalue weighted by Crippen LogP contribution is -2.57. The predicted molar refractivity (Wildman–Crippen MR) is 83.1 cm³/mol. The van der Waals surface area contributed by atoms with Crippen LogP contribution in [0.4, 0.5) is 10.5 Å². The topological polar surface area (TPSA) is 95.7 Å². The fourth-order valence-electron chi connectivity index (χ4n) is 2.85. The molecule has 3 amide bonds. The lowest BCUT2D eigenvalue weighted by molar-refractivity contribution is -0.148. The van der Waals surface area contributed by atoms with E-state index in [0.717, 1.165) is 15.7 Å². The smallest absolute Gasteiger partial charge is 0.324 e. The maximum absolute atomic E-state index is 12.4. The first-order valence-electron chi connectivity index (χ1n) is 7.11. The summed E-state index contributed by atoms with van der Waals surface area (Å²) in [5.41, 5.74) is 3.95. The second-order valence-corrected chi connectivity index (χ2v) is 5.39. The van der Waals surface area contributed by atoms with Gasteiger partial charge in [0.1, 0.15) is 0 Å². The zero-order valence-electron chi connectivity index (χ0n) is 12.0. The van der Waals surface area contributed by atoms with Crippen LogP contribution in [0.5, 0.6) is 0 Å². The Bertz CT molecular complexity index is 741. The molecule has 0 aliphatic carbocycles. The average molecular weight is 299 g/mol. The number of benzene rings is 2. The van der Waals surface area contributed by atoms with E-state index in [9.17, 15) is 14.7 Å². The third kappa shape index (κ3) is 2.27. The molecule has 1 atom stereocenters. The Kier molecular flexibility index (Phi) is 3.46. The molecule has 0 radical (unpaired) electrons. The van der Waals surface area contributed by atoms with Crippen molar-refractivity contribution in [1.29, 1.82) is 0 Å². The molecule has 1 heterocycles. The van der Waals surface area contributed by atoms with Crippen LogP contribution in [0.25, 0.3) is 10.8 Å². The van der Waals surface area contributed by atoms with E-state index in [0.29, 0.717) is 12.1 Å². The Morgan fingerprint density at radius 2 is 1.91 bits per heavy atom.